The lowest BCUT2D eigenvalue weighted by molar-refractivity contribution is -0.126. The number of fused-ring (bicyclic) bond motifs is 1. The predicted molar refractivity (Wildman–Crippen MR) is 139 cm³/mol. The minimum Gasteiger partial charge on any atom is -0.436 e. The molecule has 1 aliphatic carbocycles. The van der Waals surface area contributed by atoms with E-state index in [4.69, 9.17) is 13.7 Å². The summed E-state index contributed by atoms with van der Waals surface area (Å²) in [5.41, 5.74) is 2.50. The van der Waals surface area contributed by atoms with Gasteiger partial charge in [0.2, 0.25) is 17.7 Å². The fourth-order valence-electron chi connectivity index (χ4n) is 4.95. The van der Waals surface area contributed by atoms with Crippen molar-refractivity contribution >= 4 is 22.7 Å². The van der Waals surface area contributed by atoms with Crippen LogP contribution in [0.5, 0.6) is 0 Å². The minimum atomic E-state index is -0.361. The smallest absolute Gasteiger partial charge is 0.232 e. The zero-order valence-corrected chi connectivity index (χ0v) is 21.3. The number of amides is 1. The van der Waals surface area contributed by atoms with Crippen LogP contribution in [-0.2, 0) is 16.0 Å². The van der Waals surface area contributed by atoms with E-state index in [1.165, 1.54) is 12.1 Å². The van der Waals surface area contributed by atoms with Crippen molar-refractivity contribution in [1.82, 2.24) is 15.1 Å². The Hall–Kier alpha value is -3.59. The topological polar surface area (TPSA) is 94.5 Å². The van der Waals surface area contributed by atoms with Crippen LogP contribution >= 0.6 is 0 Å². The molecule has 3 heterocycles. The Kier molecular flexibility index (Phi) is 7.18. The molecule has 2 fully saturated rings. The molecule has 1 amide bonds. The third kappa shape index (κ3) is 5.62. The fraction of sp³-hybridized carbons (Fsp3) is 0.448. The SMILES string of the molecule is O=C(C1CCCOC1)N(CCCCCc1nc(C2CC2)no1)c1cccc(-c2nc3cc(F)ccc3o2)c1. The van der Waals surface area contributed by atoms with Crippen LogP contribution < -0.4 is 4.90 Å². The number of hydrogen-bond donors (Lipinski definition) is 0. The quantitative estimate of drug-likeness (QED) is 0.235. The zero-order valence-electron chi connectivity index (χ0n) is 21.3. The number of aryl methyl sites for hydroxylation is 1. The number of carbonyl (C=O) groups excluding carboxylic acids is 1. The molecule has 4 aromatic rings. The van der Waals surface area contributed by atoms with E-state index in [9.17, 15) is 9.18 Å². The van der Waals surface area contributed by atoms with Crippen molar-refractivity contribution in [3.05, 3.63) is 60.0 Å². The molecule has 2 aliphatic rings. The van der Waals surface area contributed by atoms with Gasteiger partial charge in [-0.1, -0.05) is 17.6 Å². The molecular weight excluding hydrogens is 487 g/mol. The van der Waals surface area contributed by atoms with Gasteiger partial charge in [-0.2, -0.15) is 4.98 Å². The number of ether oxygens (including phenoxy) is 1. The van der Waals surface area contributed by atoms with Crippen LogP contribution in [0.3, 0.4) is 0 Å². The van der Waals surface area contributed by atoms with Crippen molar-refractivity contribution in [2.75, 3.05) is 24.7 Å². The molecule has 6 rings (SSSR count). The van der Waals surface area contributed by atoms with E-state index >= 15 is 0 Å². The zero-order chi connectivity index (χ0) is 25.9. The largest absolute Gasteiger partial charge is 0.436 e. The number of anilines is 1. The van der Waals surface area contributed by atoms with E-state index in [1.807, 2.05) is 29.2 Å². The lowest BCUT2D eigenvalue weighted by Gasteiger charge is -2.29. The van der Waals surface area contributed by atoms with Crippen LogP contribution in [0.4, 0.5) is 10.1 Å². The molecule has 2 aromatic carbocycles. The van der Waals surface area contributed by atoms with Crippen LogP contribution in [0.15, 0.2) is 51.4 Å². The van der Waals surface area contributed by atoms with Crippen molar-refractivity contribution in [2.24, 2.45) is 5.92 Å². The molecule has 1 saturated carbocycles. The first kappa shape index (κ1) is 24.7. The Morgan fingerprint density at radius 2 is 1.97 bits per heavy atom. The highest BCUT2D eigenvalue weighted by molar-refractivity contribution is 5.95. The van der Waals surface area contributed by atoms with Crippen LogP contribution in [-0.4, -0.2) is 40.8 Å². The Morgan fingerprint density at radius 1 is 1.05 bits per heavy atom. The van der Waals surface area contributed by atoms with Crippen molar-refractivity contribution < 1.29 is 22.9 Å². The second-order valence-electron chi connectivity index (χ2n) is 10.2. The fourth-order valence-corrected chi connectivity index (χ4v) is 4.95. The first-order chi connectivity index (χ1) is 18.6. The number of aromatic nitrogens is 3. The molecule has 9 heteroatoms. The molecule has 0 N–H and O–H groups in total. The lowest BCUT2D eigenvalue weighted by Crippen LogP contribution is -2.40. The summed E-state index contributed by atoms with van der Waals surface area (Å²) in [7, 11) is 0. The monoisotopic (exact) mass is 518 g/mol. The van der Waals surface area contributed by atoms with E-state index in [2.05, 4.69) is 15.1 Å². The van der Waals surface area contributed by atoms with Gasteiger partial charge in [0.1, 0.15) is 11.3 Å². The maximum absolute atomic E-state index is 13.6. The van der Waals surface area contributed by atoms with E-state index < -0.39 is 0 Å². The van der Waals surface area contributed by atoms with E-state index in [0.717, 1.165) is 68.4 Å². The molecule has 0 bridgehead atoms. The van der Waals surface area contributed by atoms with Gasteiger partial charge in [0, 0.05) is 42.8 Å². The third-order valence-corrected chi connectivity index (χ3v) is 7.23. The van der Waals surface area contributed by atoms with Crippen LogP contribution in [0.25, 0.3) is 22.6 Å². The standard InChI is InChI=1S/C29H31FN4O4/c30-22-12-13-25-24(17-22)31-28(37-25)20-6-4-8-23(16-20)34(29(35)21-7-5-15-36-18-21)14-3-1-2-9-26-32-27(33-38-26)19-10-11-19/h4,6,8,12-13,16-17,19,21H,1-3,5,7,9-11,14-15,18H2. The van der Waals surface area contributed by atoms with Gasteiger partial charge >= 0.3 is 0 Å². The van der Waals surface area contributed by atoms with Gasteiger partial charge in [0.15, 0.2) is 11.4 Å². The summed E-state index contributed by atoms with van der Waals surface area (Å²) in [4.78, 5) is 24.4. The summed E-state index contributed by atoms with van der Waals surface area (Å²) in [5.74, 6) is 1.99. The minimum absolute atomic E-state index is 0.0764. The van der Waals surface area contributed by atoms with Gasteiger partial charge < -0.3 is 18.6 Å². The normalized spacial score (nSPS) is 17.7. The molecular formula is C29H31FN4O4. The average Bonchev–Trinajstić information content (AvgIpc) is 3.54. The number of hydrogen-bond acceptors (Lipinski definition) is 7. The van der Waals surface area contributed by atoms with Gasteiger partial charge in [-0.25, -0.2) is 9.37 Å². The molecule has 198 valence electrons. The highest BCUT2D eigenvalue weighted by Crippen LogP contribution is 2.38. The summed E-state index contributed by atoms with van der Waals surface area (Å²) < 4.78 is 30.5. The van der Waals surface area contributed by atoms with Crippen molar-refractivity contribution in [2.45, 2.75) is 57.3 Å². The number of benzene rings is 2. The number of rotatable bonds is 10. The highest BCUT2D eigenvalue weighted by Gasteiger charge is 2.29. The Morgan fingerprint density at radius 3 is 2.82 bits per heavy atom. The summed E-state index contributed by atoms with van der Waals surface area (Å²) >= 11 is 0. The van der Waals surface area contributed by atoms with Crippen molar-refractivity contribution in [1.29, 1.82) is 0 Å². The molecule has 8 nitrogen and oxygen atoms in total. The predicted octanol–water partition coefficient (Wildman–Crippen LogP) is 6.07. The number of unbranched alkanes of at least 4 members (excludes halogenated alkanes) is 2. The van der Waals surface area contributed by atoms with E-state index in [0.29, 0.717) is 48.6 Å². The average molecular weight is 519 g/mol. The number of carbonyl (C=O) groups is 1. The van der Waals surface area contributed by atoms with Crippen LogP contribution in [0.2, 0.25) is 0 Å². The Bertz CT molecular complexity index is 1410. The van der Waals surface area contributed by atoms with Crippen LogP contribution in [0, 0.1) is 11.7 Å². The first-order valence-electron chi connectivity index (χ1n) is 13.5. The number of oxazole rings is 1. The highest BCUT2D eigenvalue weighted by atomic mass is 19.1. The molecule has 38 heavy (non-hydrogen) atoms. The summed E-state index contributed by atoms with van der Waals surface area (Å²) in [5, 5.41) is 4.09. The maximum atomic E-state index is 13.6. The van der Waals surface area contributed by atoms with Gasteiger partial charge in [0.05, 0.1) is 12.5 Å². The van der Waals surface area contributed by atoms with Crippen LogP contribution in [0.1, 0.15) is 62.6 Å². The number of halogens is 1. The van der Waals surface area contributed by atoms with Gasteiger partial charge in [-0.15, -0.1) is 0 Å². The van der Waals surface area contributed by atoms with E-state index in [1.54, 1.807) is 6.07 Å². The summed E-state index contributed by atoms with van der Waals surface area (Å²) in [6.07, 6.45) is 7.46. The molecule has 0 radical (unpaired) electrons. The summed E-state index contributed by atoms with van der Waals surface area (Å²) in [6, 6.07) is 11.9. The Balaban J connectivity index is 1.15. The number of nitrogens with zero attached hydrogens (tertiary/aromatic N) is 4. The summed E-state index contributed by atoms with van der Waals surface area (Å²) in [6.45, 7) is 1.75. The van der Waals surface area contributed by atoms with Crippen molar-refractivity contribution in [3.8, 4) is 11.5 Å². The molecule has 1 aliphatic heterocycles. The second kappa shape index (κ2) is 11.0. The third-order valence-electron chi connectivity index (χ3n) is 7.23. The maximum Gasteiger partial charge on any atom is 0.232 e. The van der Waals surface area contributed by atoms with Gasteiger partial charge in [0.25, 0.3) is 0 Å². The molecule has 1 unspecified atom stereocenters. The van der Waals surface area contributed by atoms with Gasteiger partial charge in [-0.05, 0) is 68.9 Å². The first-order valence-corrected chi connectivity index (χ1v) is 13.5. The van der Waals surface area contributed by atoms with Gasteiger partial charge in [-0.3, -0.25) is 4.79 Å². The lowest BCUT2D eigenvalue weighted by atomic mass is 9.99. The van der Waals surface area contributed by atoms with E-state index in [-0.39, 0.29) is 17.6 Å². The van der Waals surface area contributed by atoms with Crippen molar-refractivity contribution in [3.63, 3.8) is 0 Å². The molecule has 1 atom stereocenters. The molecule has 0 spiro atoms. The second-order valence-corrected chi connectivity index (χ2v) is 10.2. The Labute approximate surface area is 220 Å². The molecule has 1 saturated heterocycles. The molecule has 2 aromatic heterocycles.